The molecule has 0 aromatic heterocycles. The van der Waals surface area contributed by atoms with Gasteiger partial charge in [-0.1, -0.05) is 66.7 Å². The Hall–Kier alpha value is -3.05. The fourth-order valence-electron chi connectivity index (χ4n) is 3.37. The van der Waals surface area contributed by atoms with Crippen LogP contribution in [0.15, 0.2) is 83.8 Å². The van der Waals surface area contributed by atoms with Crippen LogP contribution in [0.5, 0.6) is 0 Å². The first-order valence-electron chi connectivity index (χ1n) is 10.6. The van der Waals surface area contributed by atoms with E-state index < -0.39 is 0 Å². The minimum absolute atomic E-state index is 0.0228. The molecule has 3 aromatic carbocycles. The molecule has 0 unspecified atom stereocenters. The maximum Gasteiger partial charge on any atom is 0.252 e. The topological polar surface area (TPSA) is 58.2 Å². The molecular weight excluding hydrogens is 404 g/mol. The average Bonchev–Trinajstić information content (AvgIpc) is 3.62. The summed E-state index contributed by atoms with van der Waals surface area (Å²) in [5.41, 5.74) is 3.96. The molecule has 2 N–H and O–H groups in total. The third-order valence-electron chi connectivity index (χ3n) is 5.30. The van der Waals surface area contributed by atoms with Crippen molar-refractivity contribution in [2.45, 2.75) is 36.7 Å². The Bertz CT molecular complexity index is 1050. The number of hydrogen-bond donors (Lipinski definition) is 2. The minimum Gasteiger partial charge on any atom is -0.353 e. The normalized spacial score (nSPS) is 14.0. The van der Waals surface area contributed by atoms with Gasteiger partial charge < -0.3 is 10.6 Å². The van der Waals surface area contributed by atoms with Gasteiger partial charge in [0.25, 0.3) is 5.91 Å². The standard InChI is InChI=1S/C26H26N2O2S/c1-18(19-11-13-21(14-12-19)20-7-3-2-4-8-20)27-26(30)23-9-5-6-10-24(23)31-17-25(29)28-22-15-16-22/h2-14,18,22H,15-17H2,1H3,(H,27,30)(H,28,29)/t18-/m0/s1. The molecule has 0 spiro atoms. The molecule has 31 heavy (non-hydrogen) atoms. The fourth-order valence-corrected chi connectivity index (χ4v) is 4.23. The maximum absolute atomic E-state index is 12.9. The highest BCUT2D eigenvalue weighted by Gasteiger charge is 2.23. The number of benzene rings is 3. The molecule has 0 saturated heterocycles. The zero-order chi connectivity index (χ0) is 21.6. The van der Waals surface area contributed by atoms with E-state index in [1.54, 1.807) is 0 Å². The Balaban J connectivity index is 1.39. The summed E-state index contributed by atoms with van der Waals surface area (Å²) in [4.78, 5) is 25.8. The van der Waals surface area contributed by atoms with Gasteiger partial charge in [-0.05, 0) is 48.6 Å². The van der Waals surface area contributed by atoms with Crippen LogP contribution in [0, 0.1) is 0 Å². The van der Waals surface area contributed by atoms with Gasteiger partial charge in [0.15, 0.2) is 0 Å². The summed E-state index contributed by atoms with van der Waals surface area (Å²) in [6.07, 6.45) is 2.14. The zero-order valence-electron chi connectivity index (χ0n) is 17.5. The number of rotatable bonds is 8. The highest BCUT2D eigenvalue weighted by atomic mass is 32.2. The third-order valence-corrected chi connectivity index (χ3v) is 6.37. The van der Waals surface area contributed by atoms with Gasteiger partial charge in [0.1, 0.15) is 0 Å². The smallest absolute Gasteiger partial charge is 0.252 e. The predicted octanol–water partition coefficient (Wildman–Crippen LogP) is 5.22. The Morgan fingerprint density at radius 2 is 1.55 bits per heavy atom. The molecule has 1 aliphatic carbocycles. The first-order valence-corrected chi connectivity index (χ1v) is 11.6. The average molecular weight is 431 g/mol. The van der Waals surface area contributed by atoms with Crippen LogP contribution in [-0.4, -0.2) is 23.6 Å². The quantitative estimate of drug-likeness (QED) is 0.482. The lowest BCUT2D eigenvalue weighted by Crippen LogP contribution is -2.28. The molecule has 158 valence electrons. The molecule has 5 heteroatoms. The van der Waals surface area contributed by atoms with Gasteiger partial charge in [-0.3, -0.25) is 9.59 Å². The Morgan fingerprint density at radius 3 is 2.26 bits per heavy atom. The molecule has 3 aromatic rings. The van der Waals surface area contributed by atoms with Crippen molar-refractivity contribution in [3.8, 4) is 11.1 Å². The van der Waals surface area contributed by atoms with Crippen molar-refractivity contribution in [3.05, 3.63) is 90.0 Å². The van der Waals surface area contributed by atoms with E-state index in [1.807, 2.05) is 49.4 Å². The molecule has 0 bridgehead atoms. The monoisotopic (exact) mass is 430 g/mol. The van der Waals surface area contributed by atoms with Crippen molar-refractivity contribution < 1.29 is 9.59 Å². The van der Waals surface area contributed by atoms with Gasteiger partial charge in [-0.15, -0.1) is 11.8 Å². The van der Waals surface area contributed by atoms with Crippen LogP contribution in [0.25, 0.3) is 11.1 Å². The maximum atomic E-state index is 12.9. The van der Waals surface area contributed by atoms with Crippen LogP contribution >= 0.6 is 11.8 Å². The van der Waals surface area contributed by atoms with E-state index in [0.29, 0.717) is 17.4 Å². The number of hydrogen-bond acceptors (Lipinski definition) is 3. The lowest BCUT2D eigenvalue weighted by Gasteiger charge is -2.16. The summed E-state index contributed by atoms with van der Waals surface area (Å²) in [6, 6.07) is 26.1. The van der Waals surface area contributed by atoms with Crippen molar-refractivity contribution in [1.82, 2.24) is 10.6 Å². The number of amides is 2. The summed E-state index contributed by atoms with van der Waals surface area (Å²) in [5.74, 6) is 0.206. The molecular formula is C26H26N2O2S. The molecule has 1 atom stereocenters. The highest BCUT2D eigenvalue weighted by Crippen LogP contribution is 2.25. The lowest BCUT2D eigenvalue weighted by molar-refractivity contribution is -0.118. The molecule has 1 aliphatic rings. The van der Waals surface area contributed by atoms with Crippen LogP contribution in [0.4, 0.5) is 0 Å². The third kappa shape index (κ3) is 5.76. The minimum atomic E-state index is -0.134. The van der Waals surface area contributed by atoms with E-state index >= 15 is 0 Å². The molecule has 0 aliphatic heterocycles. The number of nitrogens with one attached hydrogen (secondary N) is 2. The number of thioether (sulfide) groups is 1. The van der Waals surface area contributed by atoms with E-state index in [-0.39, 0.29) is 17.9 Å². The summed E-state index contributed by atoms with van der Waals surface area (Å²) >= 11 is 1.40. The first-order chi connectivity index (χ1) is 15.1. The SMILES string of the molecule is C[C@H](NC(=O)c1ccccc1SCC(=O)NC1CC1)c1ccc(-c2ccccc2)cc1. The van der Waals surface area contributed by atoms with Crippen molar-refractivity contribution in [3.63, 3.8) is 0 Å². The fraction of sp³-hybridized carbons (Fsp3) is 0.231. The Labute approximate surface area is 187 Å². The van der Waals surface area contributed by atoms with Gasteiger partial charge in [-0.25, -0.2) is 0 Å². The van der Waals surface area contributed by atoms with E-state index in [4.69, 9.17) is 0 Å². The van der Waals surface area contributed by atoms with Crippen molar-refractivity contribution in [1.29, 1.82) is 0 Å². The summed E-state index contributed by atoms with van der Waals surface area (Å²) in [7, 11) is 0. The molecule has 1 saturated carbocycles. The Kier molecular flexibility index (Phi) is 6.73. The van der Waals surface area contributed by atoms with E-state index in [0.717, 1.165) is 28.9 Å². The van der Waals surface area contributed by atoms with Crippen molar-refractivity contribution in [2.75, 3.05) is 5.75 Å². The van der Waals surface area contributed by atoms with E-state index in [1.165, 1.54) is 17.3 Å². The van der Waals surface area contributed by atoms with Crippen molar-refractivity contribution >= 4 is 23.6 Å². The van der Waals surface area contributed by atoms with Crippen LogP contribution in [0.2, 0.25) is 0 Å². The Morgan fingerprint density at radius 1 is 0.903 bits per heavy atom. The first kappa shape index (κ1) is 21.2. The number of carbonyl (C=O) groups is 2. The van der Waals surface area contributed by atoms with Gasteiger partial charge in [0.05, 0.1) is 17.4 Å². The summed E-state index contributed by atoms with van der Waals surface area (Å²) < 4.78 is 0. The highest BCUT2D eigenvalue weighted by molar-refractivity contribution is 8.00. The van der Waals surface area contributed by atoms with E-state index in [9.17, 15) is 9.59 Å². The second-order valence-electron chi connectivity index (χ2n) is 7.81. The molecule has 0 heterocycles. The second-order valence-corrected chi connectivity index (χ2v) is 8.83. The van der Waals surface area contributed by atoms with Gasteiger partial charge >= 0.3 is 0 Å². The number of carbonyl (C=O) groups excluding carboxylic acids is 2. The van der Waals surface area contributed by atoms with Gasteiger partial charge in [0, 0.05) is 10.9 Å². The molecule has 1 fully saturated rings. The predicted molar refractivity (Wildman–Crippen MR) is 126 cm³/mol. The zero-order valence-corrected chi connectivity index (χ0v) is 18.3. The molecule has 0 radical (unpaired) electrons. The van der Waals surface area contributed by atoms with Crippen LogP contribution in [0.3, 0.4) is 0 Å². The lowest BCUT2D eigenvalue weighted by atomic mass is 10.0. The summed E-state index contributed by atoms with van der Waals surface area (Å²) in [5, 5.41) is 6.07. The van der Waals surface area contributed by atoms with Crippen LogP contribution < -0.4 is 10.6 Å². The van der Waals surface area contributed by atoms with Crippen molar-refractivity contribution in [2.24, 2.45) is 0 Å². The van der Waals surface area contributed by atoms with Crippen LogP contribution in [-0.2, 0) is 4.79 Å². The van der Waals surface area contributed by atoms with Gasteiger partial charge in [-0.2, -0.15) is 0 Å². The van der Waals surface area contributed by atoms with E-state index in [2.05, 4.69) is 47.0 Å². The molecule has 4 nitrogen and oxygen atoms in total. The van der Waals surface area contributed by atoms with Gasteiger partial charge in [0.2, 0.25) is 5.91 Å². The van der Waals surface area contributed by atoms with Crippen LogP contribution in [0.1, 0.15) is 41.7 Å². The summed E-state index contributed by atoms with van der Waals surface area (Å²) in [6.45, 7) is 1.98. The molecule has 4 rings (SSSR count). The largest absolute Gasteiger partial charge is 0.353 e. The molecule has 2 amide bonds. The second kappa shape index (κ2) is 9.84.